The molecular formula is C26H42N2O17S2. The smallest absolute Gasteiger partial charge is 0.350 e. The fraction of sp³-hybridized carbons (Fsp3) is 0.769. The van der Waals surface area contributed by atoms with E-state index in [1.807, 2.05) is 0 Å². The van der Waals surface area contributed by atoms with Crippen LogP contribution in [0.5, 0.6) is 0 Å². The van der Waals surface area contributed by atoms with Crippen molar-refractivity contribution in [3.8, 4) is 0 Å². The Labute approximate surface area is 283 Å². The van der Waals surface area contributed by atoms with Crippen LogP contribution in [-0.2, 0) is 57.3 Å². The first kappa shape index (κ1) is 35.5. The molecule has 1 fully saturated rings. The summed E-state index contributed by atoms with van der Waals surface area (Å²) in [5.74, 6) is -22.6. The van der Waals surface area contributed by atoms with E-state index in [1.54, 1.807) is 27.0 Å². The average molecular weight is 723 g/mol. The van der Waals surface area contributed by atoms with Gasteiger partial charge in [-0.1, -0.05) is 0 Å². The second-order valence-corrected chi connectivity index (χ2v) is 12.7. The number of aliphatic hydroxyl groups excluding tert-OH is 1. The molecule has 1 saturated heterocycles. The third-order valence-corrected chi connectivity index (χ3v) is 7.62. The summed E-state index contributed by atoms with van der Waals surface area (Å²) in [6, 6.07) is -3.02. The molecule has 1 heterocycles. The van der Waals surface area contributed by atoms with Crippen molar-refractivity contribution in [2.75, 3.05) is 17.8 Å². The average Bonchev–Trinajstić information content (AvgIpc) is 3.05. The zero-order valence-corrected chi connectivity index (χ0v) is 27.4. The van der Waals surface area contributed by atoms with Crippen molar-refractivity contribution in [1.82, 2.24) is 10.8 Å². The molecule has 0 aliphatic carbocycles. The number of carbonyl (C=O) groups is 6. The lowest BCUT2D eigenvalue weighted by atomic mass is 9.87. The molecule has 7 N–H and O–H groups in total. The number of carboxylic acids is 1. The Hall–Kier alpha value is -2.76. The number of hydrogen-bond donors (Lipinski definition) is 7. The maximum Gasteiger partial charge on any atom is 0.350 e. The first-order valence-electron chi connectivity index (χ1n) is 16.0. The van der Waals surface area contributed by atoms with Crippen LogP contribution in [0.4, 0.5) is 0 Å². The van der Waals surface area contributed by atoms with Crippen LogP contribution < -0.4 is 10.8 Å². The summed E-state index contributed by atoms with van der Waals surface area (Å²) < 4.78 is 53.1. The Morgan fingerprint density at radius 2 is 1.47 bits per heavy atom. The third kappa shape index (κ3) is 11.1. The summed E-state index contributed by atoms with van der Waals surface area (Å²) in [4.78, 5) is 79.8. The summed E-state index contributed by atoms with van der Waals surface area (Å²) in [5.41, 5.74) is -0.786. The number of thioether (sulfide) groups is 2. The highest BCUT2D eigenvalue weighted by atomic mass is 32.2. The minimum Gasteiger partial charge on any atom is -0.480 e. The van der Waals surface area contributed by atoms with E-state index in [2.05, 4.69) is 20.3 Å². The standard InChI is InChI=1S/C26H42N2O17S2/c1-12(29)40-21(36)18-24(37,42-13(2)30)26(39,44-15(4)32)25(38,43-14(3)31)22(41-18)47-11-17(20(34)35)27-19(33)16(9-10-46-8)28-45-23(5,6)7/h16-18,21-22,28,36-39H,9-11H2,1-8H3,(H,27,33)(H,34,35)/t16-,17-,18+,21?,22?,24-,25+,26+/m0/s1/i1D,2D,3D,4D. The van der Waals surface area contributed by atoms with E-state index in [0.717, 1.165) is 0 Å². The van der Waals surface area contributed by atoms with Crippen molar-refractivity contribution >= 4 is 59.3 Å². The lowest BCUT2D eigenvalue weighted by Crippen LogP contribution is -2.83. The molecule has 8 atom stereocenters. The van der Waals surface area contributed by atoms with E-state index < -0.39 is 122 Å². The maximum absolute atomic E-state index is 13.2. The van der Waals surface area contributed by atoms with Crippen LogP contribution >= 0.6 is 23.5 Å². The lowest BCUT2D eigenvalue weighted by molar-refractivity contribution is -0.509. The summed E-state index contributed by atoms with van der Waals surface area (Å²) in [6.07, 6.45) is -3.89. The third-order valence-electron chi connectivity index (χ3n) is 5.72. The first-order valence-corrected chi connectivity index (χ1v) is 15.6. The van der Waals surface area contributed by atoms with Crippen LogP contribution in [0.15, 0.2) is 0 Å². The van der Waals surface area contributed by atoms with E-state index in [-0.39, 0.29) is 18.2 Å². The summed E-state index contributed by atoms with van der Waals surface area (Å²) in [6.45, 7) is -0.238. The van der Waals surface area contributed by atoms with Gasteiger partial charge < -0.3 is 54.5 Å². The highest BCUT2D eigenvalue weighted by Gasteiger charge is 2.81. The minimum atomic E-state index is -4.39. The molecule has 19 nitrogen and oxygen atoms in total. The molecule has 47 heavy (non-hydrogen) atoms. The van der Waals surface area contributed by atoms with Gasteiger partial charge in [-0.3, -0.25) is 28.8 Å². The molecule has 0 aromatic rings. The van der Waals surface area contributed by atoms with Gasteiger partial charge in [0.2, 0.25) is 12.2 Å². The van der Waals surface area contributed by atoms with Gasteiger partial charge in [0.1, 0.15) is 12.1 Å². The number of aliphatic carboxylic acids is 1. The topological polar surface area (TPSA) is 283 Å². The van der Waals surface area contributed by atoms with Gasteiger partial charge in [-0.2, -0.15) is 17.2 Å². The number of aliphatic hydroxyl groups is 4. The van der Waals surface area contributed by atoms with Crippen molar-refractivity contribution in [3.63, 3.8) is 0 Å². The van der Waals surface area contributed by atoms with Crippen LogP contribution in [0, 0.1) is 0 Å². The van der Waals surface area contributed by atoms with Crippen molar-refractivity contribution in [2.45, 2.75) is 108 Å². The number of carboxylic acid groups (broad SMARTS) is 1. The molecule has 1 rings (SSSR count). The Bertz CT molecular complexity index is 1250. The molecule has 0 aromatic carbocycles. The number of amides is 1. The normalized spacial score (nSPS) is 28.9. The Kier molecular flexibility index (Phi) is 12.9. The zero-order valence-electron chi connectivity index (χ0n) is 29.8. The van der Waals surface area contributed by atoms with Crippen LogP contribution in [0.2, 0.25) is 0 Å². The van der Waals surface area contributed by atoms with Crippen molar-refractivity contribution in [3.05, 3.63) is 0 Å². The van der Waals surface area contributed by atoms with E-state index in [9.17, 15) is 54.3 Å². The van der Waals surface area contributed by atoms with Crippen molar-refractivity contribution in [2.24, 2.45) is 0 Å². The number of nitrogens with one attached hydrogen (secondary N) is 2. The monoisotopic (exact) mass is 722 g/mol. The van der Waals surface area contributed by atoms with E-state index in [0.29, 0.717) is 5.75 Å². The Morgan fingerprint density at radius 3 is 1.98 bits per heavy atom. The summed E-state index contributed by atoms with van der Waals surface area (Å²) in [5, 5.41) is 58.0. The molecule has 1 amide bonds. The fourth-order valence-electron chi connectivity index (χ4n) is 3.80. The van der Waals surface area contributed by atoms with Gasteiger partial charge >= 0.3 is 47.2 Å². The fourth-order valence-corrected chi connectivity index (χ4v) is 5.49. The van der Waals surface area contributed by atoms with Gasteiger partial charge in [-0.25, -0.2) is 4.79 Å². The highest BCUT2D eigenvalue weighted by molar-refractivity contribution is 7.99. The quantitative estimate of drug-likeness (QED) is 0.0396. The molecule has 0 bridgehead atoms. The second-order valence-electron chi connectivity index (χ2n) is 10.6. The molecule has 0 spiro atoms. The number of hydroxylamine groups is 1. The molecule has 270 valence electrons. The summed E-state index contributed by atoms with van der Waals surface area (Å²) in [7, 11) is 0. The predicted molar refractivity (Wildman–Crippen MR) is 159 cm³/mol. The molecule has 21 heteroatoms. The van der Waals surface area contributed by atoms with Crippen LogP contribution in [0.1, 0.15) is 60.3 Å². The molecule has 2 unspecified atom stereocenters. The zero-order chi connectivity index (χ0) is 39.4. The predicted octanol–water partition coefficient (Wildman–Crippen LogP) is -1.91. The number of esters is 4. The number of rotatable bonds is 16. The molecule has 0 radical (unpaired) electrons. The van der Waals surface area contributed by atoms with E-state index in [4.69, 9.17) is 24.5 Å². The largest absolute Gasteiger partial charge is 0.480 e. The van der Waals surface area contributed by atoms with Crippen LogP contribution in [-0.4, -0.2) is 132 Å². The second kappa shape index (κ2) is 17.1. The number of hydrogen-bond acceptors (Lipinski definition) is 19. The Morgan fingerprint density at radius 1 is 0.915 bits per heavy atom. The highest BCUT2D eigenvalue weighted by Crippen LogP contribution is 2.51. The van der Waals surface area contributed by atoms with Gasteiger partial charge in [0, 0.05) is 38.8 Å². The van der Waals surface area contributed by atoms with Crippen LogP contribution in [0.25, 0.3) is 0 Å². The number of carbonyl (C=O) groups excluding carboxylic acids is 5. The van der Waals surface area contributed by atoms with Crippen molar-refractivity contribution in [1.29, 1.82) is 0 Å². The van der Waals surface area contributed by atoms with Gasteiger partial charge in [0.15, 0.2) is 11.5 Å². The SMILES string of the molecule is [2H]CC(=O)OC(O)[C@H]1OC(SC[C@H](NC(=O)[C@H](CCSC)NOC(C)(C)C)C(=O)O)[C@@](O)(OC(=O)C[2H])[C@](O)(OC(=O)C[2H])[C@@]1(O)OC(=O)C[2H]. The van der Waals surface area contributed by atoms with Gasteiger partial charge in [-0.05, 0) is 39.2 Å². The van der Waals surface area contributed by atoms with Gasteiger partial charge in [-0.15, -0.1) is 11.8 Å². The summed E-state index contributed by atoms with van der Waals surface area (Å²) >= 11 is 1.42. The van der Waals surface area contributed by atoms with Gasteiger partial charge in [0.05, 0.1) is 5.60 Å². The minimum absolute atomic E-state index is 0.0531. The molecule has 0 saturated carbocycles. The molecule has 0 aromatic heterocycles. The van der Waals surface area contributed by atoms with Crippen molar-refractivity contribution < 1.29 is 88.3 Å². The van der Waals surface area contributed by atoms with Gasteiger partial charge in [0.25, 0.3) is 0 Å². The molecule has 1 aliphatic heterocycles. The first-order chi connectivity index (χ1) is 23.6. The lowest BCUT2D eigenvalue weighted by Gasteiger charge is -2.56. The van der Waals surface area contributed by atoms with E-state index >= 15 is 0 Å². The molecular weight excluding hydrogens is 676 g/mol. The maximum atomic E-state index is 13.2. The van der Waals surface area contributed by atoms with E-state index in [1.165, 1.54) is 11.8 Å². The van der Waals surface area contributed by atoms with Crippen LogP contribution in [0.3, 0.4) is 0 Å². The Balaban J connectivity index is 3.81. The number of ether oxygens (including phenoxy) is 5. The molecule has 1 aliphatic rings.